The number of benzene rings is 1. The van der Waals surface area contributed by atoms with Crippen molar-refractivity contribution in [2.45, 2.75) is 31.4 Å². The molecule has 1 aromatic heterocycles. The van der Waals surface area contributed by atoms with Crippen LogP contribution in [0.25, 0.3) is 11.5 Å². The molecule has 2 aromatic rings. The van der Waals surface area contributed by atoms with Crippen molar-refractivity contribution in [3.63, 3.8) is 0 Å². The van der Waals surface area contributed by atoms with Crippen LogP contribution < -0.4 is 5.73 Å². The topological polar surface area (TPSA) is 64.9 Å². The first-order valence-corrected chi connectivity index (χ1v) is 6.26. The highest BCUT2D eigenvalue weighted by Crippen LogP contribution is 2.37. The molecule has 0 unspecified atom stereocenters. The molecule has 1 fully saturated rings. The normalized spacial score (nSPS) is 16.1. The molecular weight excluding hydrogens is 271 g/mol. The maximum Gasteiger partial charge on any atom is 0.416 e. The average molecular weight is 283 g/mol. The predicted molar refractivity (Wildman–Crippen MR) is 65.7 cm³/mol. The van der Waals surface area contributed by atoms with Crippen molar-refractivity contribution >= 4 is 5.69 Å². The molecule has 4 nitrogen and oxygen atoms in total. The molecule has 1 saturated carbocycles. The van der Waals surface area contributed by atoms with Gasteiger partial charge in [0.05, 0.1) is 11.1 Å². The van der Waals surface area contributed by atoms with Crippen LogP contribution in [0.2, 0.25) is 0 Å². The van der Waals surface area contributed by atoms with E-state index in [9.17, 15) is 13.2 Å². The van der Waals surface area contributed by atoms with E-state index in [4.69, 9.17) is 10.3 Å². The molecule has 3 rings (SSSR count). The van der Waals surface area contributed by atoms with E-state index in [-0.39, 0.29) is 23.1 Å². The second-order valence-electron chi connectivity index (χ2n) is 4.89. The summed E-state index contributed by atoms with van der Waals surface area (Å²) >= 11 is 0. The zero-order valence-corrected chi connectivity index (χ0v) is 10.4. The van der Waals surface area contributed by atoms with Gasteiger partial charge in [-0.1, -0.05) is 11.6 Å². The molecule has 1 heterocycles. The Morgan fingerprint density at radius 2 is 2.00 bits per heavy atom. The number of anilines is 1. The first kappa shape index (κ1) is 13.0. The third kappa shape index (κ3) is 2.23. The Bertz CT molecular complexity index is 632. The molecule has 7 heteroatoms. The number of alkyl halides is 3. The highest BCUT2D eigenvalue weighted by Gasteiger charge is 2.32. The molecule has 1 aliphatic carbocycles. The SMILES string of the molecule is Nc1ccc(C(F)(F)F)cc1-c1nc(C2CCC2)no1. The van der Waals surface area contributed by atoms with Crippen molar-refractivity contribution in [3.05, 3.63) is 29.6 Å². The van der Waals surface area contributed by atoms with E-state index in [1.165, 1.54) is 6.07 Å². The highest BCUT2D eigenvalue weighted by molar-refractivity contribution is 5.71. The summed E-state index contributed by atoms with van der Waals surface area (Å²) in [6.45, 7) is 0. The van der Waals surface area contributed by atoms with Gasteiger partial charge in [-0.05, 0) is 31.0 Å². The van der Waals surface area contributed by atoms with Crippen LogP contribution in [0.15, 0.2) is 22.7 Å². The number of rotatable bonds is 2. The maximum atomic E-state index is 12.7. The number of nitrogens with zero attached hydrogens (tertiary/aromatic N) is 2. The van der Waals surface area contributed by atoms with Gasteiger partial charge >= 0.3 is 6.18 Å². The van der Waals surface area contributed by atoms with E-state index in [2.05, 4.69) is 10.1 Å². The van der Waals surface area contributed by atoms with Gasteiger partial charge in [0.1, 0.15) is 0 Å². The van der Waals surface area contributed by atoms with Gasteiger partial charge in [0.25, 0.3) is 5.89 Å². The predicted octanol–water partition coefficient (Wildman–Crippen LogP) is 3.61. The fraction of sp³-hybridized carbons (Fsp3) is 0.385. The zero-order valence-electron chi connectivity index (χ0n) is 10.4. The summed E-state index contributed by atoms with van der Waals surface area (Å²) in [5.41, 5.74) is 5.22. The van der Waals surface area contributed by atoms with Crippen LogP contribution in [0.4, 0.5) is 18.9 Å². The second-order valence-corrected chi connectivity index (χ2v) is 4.89. The van der Waals surface area contributed by atoms with Crippen LogP contribution >= 0.6 is 0 Å². The third-order valence-corrected chi connectivity index (χ3v) is 3.52. The molecule has 0 spiro atoms. The third-order valence-electron chi connectivity index (χ3n) is 3.52. The Morgan fingerprint density at radius 1 is 1.25 bits per heavy atom. The van der Waals surface area contributed by atoms with Crippen molar-refractivity contribution in [2.24, 2.45) is 0 Å². The van der Waals surface area contributed by atoms with Crippen molar-refractivity contribution in [1.82, 2.24) is 10.1 Å². The summed E-state index contributed by atoms with van der Waals surface area (Å²) in [5, 5.41) is 3.82. The van der Waals surface area contributed by atoms with Gasteiger partial charge in [-0.3, -0.25) is 0 Å². The van der Waals surface area contributed by atoms with Crippen molar-refractivity contribution < 1.29 is 17.7 Å². The van der Waals surface area contributed by atoms with E-state index in [0.29, 0.717) is 5.82 Å². The lowest BCUT2D eigenvalue weighted by atomic mass is 9.85. The Balaban J connectivity index is 1.98. The van der Waals surface area contributed by atoms with Gasteiger partial charge in [-0.15, -0.1) is 0 Å². The average Bonchev–Trinajstić information content (AvgIpc) is 2.74. The van der Waals surface area contributed by atoms with Crippen LogP contribution in [0.5, 0.6) is 0 Å². The largest absolute Gasteiger partial charge is 0.416 e. The van der Waals surface area contributed by atoms with Crippen molar-refractivity contribution in [2.75, 3.05) is 5.73 Å². The molecule has 0 bridgehead atoms. The fourth-order valence-corrected chi connectivity index (χ4v) is 2.09. The molecule has 106 valence electrons. The lowest BCUT2D eigenvalue weighted by Crippen LogP contribution is -2.10. The molecular formula is C13H12F3N3O. The van der Waals surface area contributed by atoms with E-state index in [0.717, 1.165) is 31.4 Å². The molecule has 0 radical (unpaired) electrons. The molecule has 1 aliphatic rings. The Kier molecular flexibility index (Phi) is 2.92. The van der Waals surface area contributed by atoms with Gasteiger partial charge in [0, 0.05) is 11.6 Å². The smallest absolute Gasteiger partial charge is 0.398 e. The number of aromatic nitrogens is 2. The number of halogens is 3. The molecule has 0 aliphatic heterocycles. The van der Waals surface area contributed by atoms with E-state index in [1.54, 1.807) is 0 Å². The molecule has 2 N–H and O–H groups in total. The summed E-state index contributed by atoms with van der Waals surface area (Å²) in [4.78, 5) is 4.16. The van der Waals surface area contributed by atoms with E-state index >= 15 is 0 Å². The van der Waals surface area contributed by atoms with Crippen molar-refractivity contribution in [1.29, 1.82) is 0 Å². The van der Waals surface area contributed by atoms with E-state index < -0.39 is 11.7 Å². The number of hydrogen-bond donors (Lipinski definition) is 1. The van der Waals surface area contributed by atoms with Crippen LogP contribution in [0.3, 0.4) is 0 Å². The van der Waals surface area contributed by atoms with Gasteiger partial charge < -0.3 is 10.3 Å². The summed E-state index contributed by atoms with van der Waals surface area (Å²) < 4.78 is 43.2. The van der Waals surface area contributed by atoms with Crippen LogP contribution in [0, 0.1) is 0 Å². The maximum absolute atomic E-state index is 12.7. The highest BCUT2D eigenvalue weighted by atomic mass is 19.4. The minimum Gasteiger partial charge on any atom is -0.398 e. The summed E-state index contributed by atoms with van der Waals surface area (Å²) in [6.07, 6.45) is -1.35. The van der Waals surface area contributed by atoms with Gasteiger partial charge in [-0.2, -0.15) is 18.2 Å². The monoisotopic (exact) mass is 283 g/mol. The molecule has 0 atom stereocenters. The minimum atomic E-state index is -4.43. The number of nitrogens with two attached hydrogens (primary N) is 1. The van der Waals surface area contributed by atoms with Crippen molar-refractivity contribution in [3.8, 4) is 11.5 Å². The summed E-state index contributed by atoms with van der Waals surface area (Å²) in [7, 11) is 0. The first-order chi connectivity index (χ1) is 9.45. The number of hydrogen-bond acceptors (Lipinski definition) is 4. The quantitative estimate of drug-likeness (QED) is 0.855. The molecule has 20 heavy (non-hydrogen) atoms. The van der Waals surface area contributed by atoms with Gasteiger partial charge in [0.2, 0.25) is 0 Å². The van der Waals surface area contributed by atoms with E-state index in [1.807, 2.05) is 0 Å². The standard InChI is InChI=1S/C13H12F3N3O/c14-13(15,16)8-4-5-10(17)9(6-8)12-18-11(19-20-12)7-2-1-3-7/h4-7H,1-3,17H2. The molecule has 1 aromatic carbocycles. The Labute approximate surface area is 112 Å². The first-order valence-electron chi connectivity index (χ1n) is 6.26. The number of nitrogen functional groups attached to an aromatic ring is 1. The second kappa shape index (κ2) is 4.50. The van der Waals surface area contributed by atoms with Gasteiger partial charge in [0.15, 0.2) is 5.82 Å². The van der Waals surface area contributed by atoms with Gasteiger partial charge in [-0.25, -0.2) is 0 Å². The zero-order chi connectivity index (χ0) is 14.3. The molecule has 0 amide bonds. The Hall–Kier alpha value is -2.05. The van der Waals surface area contributed by atoms with Crippen LogP contribution in [0.1, 0.15) is 36.6 Å². The summed E-state index contributed by atoms with van der Waals surface area (Å²) in [6, 6.07) is 3.07. The lowest BCUT2D eigenvalue weighted by molar-refractivity contribution is -0.137. The Morgan fingerprint density at radius 3 is 2.60 bits per heavy atom. The minimum absolute atomic E-state index is 0.0375. The fourth-order valence-electron chi connectivity index (χ4n) is 2.09. The van der Waals surface area contributed by atoms with Crippen LogP contribution in [-0.4, -0.2) is 10.1 Å². The van der Waals surface area contributed by atoms with Crippen LogP contribution in [-0.2, 0) is 6.18 Å². The summed E-state index contributed by atoms with van der Waals surface area (Å²) in [5.74, 6) is 0.832. The molecule has 0 saturated heterocycles. The lowest BCUT2D eigenvalue weighted by Gasteiger charge is -2.20.